The van der Waals surface area contributed by atoms with E-state index in [-0.39, 0.29) is 11.1 Å². The first-order valence-electron chi connectivity index (χ1n) is 9.44. The molecule has 0 aliphatic heterocycles. The molecule has 4 aromatic carbocycles. The van der Waals surface area contributed by atoms with Gasteiger partial charge in [0.2, 0.25) is 0 Å². The smallest absolute Gasteiger partial charge is 0.158 e. The van der Waals surface area contributed by atoms with Crippen LogP contribution in [-0.4, -0.2) is 4.57 Å². The zero-order valence-corrected chi connectivity index (χ0v) is 15.8. The summed E-state index contributed by atoms with van der Waals surface area (Å²) in [7, 11) is 0. The molecule has 0 unspecified atom stereocenters. The molecule has 3 nitrogen and oxygen atoms in total. The van der Waals surface area contributed by atoms with Crippen molar-refractivity contribution in [3.8, 4) is 29.0 Å². The molecular weight excluding hydrogens is 373 g/mol. The summed E-state index contributed by atoms with van der Waals surface area (Å²) < 4.78 is 16.5. The molecule has 0 radical (unpaired) electrons. The molecule has 0 atom stereocenters. The summed E-state index contributed by atoms with van der Waals surface area (Å²) in [6.45, 7) is 0. The first kappa shape index (κ1) is 17.7. The van der Waals surface area contributed by atoms with Crippen molar-refractivity contribution in [2.75, 3.05) is 0 Å². The molecule has 0 aliphatic rings. The molecule has 0 aliphatic carbocycles. The van der Waals surface area contributed by atoms with Gasteiger partial charge < -0.3 is 4.57 Å². The Morgan fingerprint density at radius 2 is 1.33 bits per heavy atom. The van der Waals surface area contributed by atoms with Crippen molar-refractivity contribution in [3.63, 3.8) is 0 Å². The van der Waals surface area contributed by atoms with Crippen molar-refractivity contribution in [2.24, 2.45) is 0 Å². The van der Waals surface area contributed by atoms with Gasteiger partial charge in [-0.15, -0.1) is 0 Å². The summed E-state index contributed by atoms with van der Waals surface area (Å²) in [6.07, 6.45) is 0. The van der Waals surface area contributed by atoms with Crippen LogP contribution in [0.15, 0.2) is 84.9 Å². The molecule has 30 heavy (non-hydrogen) atoms. The topological polar surface area (TPSA) is 52.5 Å². The Morgan fingerprint density at radius 1 is 0.700 bits per heavy atom. The van der Waals surface area contributed by atoms with Crippen LogP contribution in [0.4, 0.5) is 4.39 Å². The first-order valence-corrected chi connectivity index (χ1v) is 9.44. The van der Waals surface area contributed by atoms with Gasteiger partial charge in [-0.1, -0.05) is 48.5 Å². The fraction of sp³-hybridized carbons (Fsp3) is 0. The Kier molecular flexibility index (Phi) is 4.05. The molecule has 0 fully saturated rings. The number of para-hydroxylation sites is 2. The lowest BCUT2D eigenvalue weighted by Gasteiger charge is -2.09. The SMILES string of the molecule is N#Cc1cc(-c2cccc3c2c2ccccc2n3-c2ccccc2)cc(C#N)c1F. The third-order valence-electron chi connectivity index (χ3n) is 5.34. The van der Waals surface area contributed by atoms with Crippen LogP contribution in [0.25, 0.3) is 38.6 Å². The second kappa shape index (κ2) is 6.88. The summed E-state index contributed by atoms with van der Waals surface area (Å²) in [5.74, 6) is -0.775. The highest BCUT2D eigenvalue weighted by Crippen LogP contribution is 2.39. The van der Waals surface area contributed by atoms with E-state index in [0.717, 1.165) is 33.1 Å². The van der Waals surface area contributed by atoms with E-state index >= 15 is 0 Å². The van der Waals surface area contributed by atoms with Crippen LogP contribution in [0, 0.1) is 28.5 Å². The maximum atomic E-state index is 14.3. The first-order chi connectivity index (χ1) is 14.7. The van der Waals surface area contributed by atoms with Crippen LogP contribution in [-0.2, 0) is 0 Å². The van der Waals surface area contributed by atoms with Gasteiger partial charge in [0.1, 0.15) is 12.1 Å². The molecule has 0 saturated heterocycles. The number of aromatic nitrogens is 1. The molecule has 0 spiro atoms. The van der Waals surface area contributed by atoms with Crippen LogP contribution in [0.1, 0.15) is 11.1 Å². The van der Waals surface area contributed by atoms with Gasteiger partial charge in [0.25, 0.3) is 0 Å². The fourth-order valence-electron chi connectivity index (χ4n) is 4.06. The fourth-order valence-corrected chi connectivity index (χ4v) is 4.06. The lowest BCUT2D eigenvalue weighted by Crippen LogP contribution is -1.94. The summed E-state index contributed by atoms with van der Waals surface area (Å²) in [4.78, 5) is 0. The van der Waals surface area contributed by atoms with Crippen molar-refractivity contribution in [1.82, 2.24) is 4.57 Å². The molecule has 140 valence electrons. The molecule has 4 heteroatoms. The van der Waals surface area contributed by atoms with E-state index in [1.807, 2.05) is 60.7 Å². The molecule has 0 bridgehead atoms. The van der Waals surface area contributed by atoms with E-state index < -0.39 is 5.82 Å². The van der Waals surface area contributed by atoms with Gasteiger partial charge in [-0.25, -0.2) is 4.39 Å². The van der Waals surface area contributed by atoms with Crippen LogP contribution < -0.4 is 0 Å². The van der Waals surface area contributed by atoms with Gasteiger partial charge in [0.15, 0.2) is 5.82 Å². The van der Waals surface area contributed by atoms with Gasteiger partial charge in [-0.3, -0.25) is 0 Å². The number of hydrogen-bond acceptors (Lipinski definition) is 2. The summed E-state index contributed by atoms with van der Waals surface area (Å²) in [5.41, 5.74) is 4.32. The van der Waals surface area contributed by atoms with Crippen LogP contribution in [0.3, 0.4) is 0 Å². The maximum absolute atomic E-state index is 14.3. The lowest BCUT2D eigenvalue weighted by molar-refractivity contribution is 0.620. The number of benzene rings is 4. The van der Waals surface area contributed by atoms with Crippen LogP contribution >= 0.6 is 0 Å². The molecule has 0 saturated carbocycles. The Bertz CT molecular complexity index is 1480. The minimum atomic E-state index is -0.775. The van der Waals surface area contributed by atoms with Crippen molar-refractivity contribution in [2.45, 2.75) is 0 Å². The Hall–Kier alpha value is -4.41. The zero-order chi connectivity index (χ0) is 20.7. The minimum Gasteiger partial charge on any atom is -0.309 e. The monoisotopic (exact) mass is 387 g/mol. The normalized spacial score (nSPS) is 10.8. The van der Waals surface area contributed by atoms with E-state index in [0.29, 0.717) is 5.56 Å². The molecule has 5 aromatic rings. The standard InChI is InChI=1S/C26H14FN3/c27-26-18(15-28)13-17(14-19(26)16-29)21-10-6-12-24-25(21)22-9-4-5-11-23(22)30(24)20-7-2-1-3-8-20/h1-14H. The average molecular weight is 387 g/mol. The number of nitrogens with zero attached hydrogens (tertiary/aromatic N) is 3. The molecule has 1 aromatic heterocycles. The highest BCUT2D eigenvalue weighted by Gasteiger charge is 2.18. The number of rotatable bonds is 2. The zero-order valence-electron chi connectivity index (χ0n) is 15.8. The van der Waals surface area contributed by atoms with Gasteiger partial charge >= 0.3 is 0 Å². The second-order valence-corrected chi connectivity index (χ2v) is 7.00. The summed E-state index contributed by atoms with van der Waals surface area (Å²) >= 11 is 0. The largest absolute Gasteiger partial charge is 0.309 e. The average Bonchev–Trinajstić information content (AvgIpc) is 3.14. The third kappa shape index (κ3) is 2.56. The van der Waals surface area contributed by atoms with E-state index in [1.165, 1.54) is 12.1 Å². The summed E-state index contributed by atoms with van der Waals surface area (Å²) in [5, 5.41) is 20.7. The van der Waals surface area contributed by atoms with Crippen molar-refractivity contribution >= 4 is 21.8 Å². The van der Waals surface area contributed by atoms with Crippen LogP contribution in [0.2, 0.25) is 0 Å². The predicted molar refractivity (Wildman–Crippen MR) is 116 cm³/mol. The van der Waals surface area contributed by atoms with Gasteiger partial charge in [-0.2, -0.15) is 10.5 Å². The second-order valence-electron chi connectivity index (χ2n) is 7.00. The Morgan fingerprint density at radius 3 is 2.03 bits per heavy atom. The van der Waals surface area contributed by atoms with E-state index in [2.05, 4.69) is 28.8 Å². The molecule has 1 heterocycles. The minimum absolute atomic E-state index is 0.132. The predicted octanol–water partition coefficient (Wildman–Crippen LogP) is 6.33. The third-order valence-corrected chi connectivity index (χ3v) is 5.34. The lowest BCUT2D eigenvalue weighted by atomic mass is 9.96. The summed E-state index contributed by atoms with van der Waals surface area (Å²) in [6, 6.07) is 30.9. The van der Waals surface area contributed by atoms with Crippen molar-refractivity contribution < 1.29 is 4.39 Å². The Balaban J connectivity index is 1.92. The highest BCUT2D eigenvalue weighted by atomic mass is 19.1. The molecule has 0 amide bonds. The van der Waals surface area contributed by atoms with E-state index in [4.69, 9.17) is 0 Å². The number of nitriles is 2. The number of fused-ring (bicyclic) bond motifs is 3. The van der Waals surface area contributed by atoms with Crippen molar-refractivity contribution in [3.05, 3.63) is 102 Å². The molecular formula is C26H14FN3. The number of hydrogen-bond donors (Lipinski definition) is 0. The van der Waals surface area contributed by atoms with Gasteiger partial charge in [0, 0.05) is 16.5 Å². The number of halogens is 1. The van der Waals surface area contributed by atoms with Gasteiger partial charge in [0.05, 0.1) is 22.2 Å². The Labute approximate surface area is 172 Å². The quantitative estimate of drug-likeness (QED) is 0.355. The van der Waals surface area contributed by atoms with E-state index in [9.17, 15) is 14.9 Å². The van der Waals surface area contributed by atoms with Gasteiger partial charge in [-0.05, 0) is 47.5 Å². The molecule has 5 rings (SSSR count). The highest BCUT2D eigenvalue weighted by molar-refractivity contribution is 6.15. The maximum Gasteiger partial charge on any atom is 0.158 e. The van der Waals surface area contributed by atoms with Crippen LogP contribution in [0.5, 0.6) is 0 Å². The molecule has 0 N–H and O–H groups in total. The van der Waals surface area contributed by atoms with E-state index in [1.54, 1.807) is 0 Å². The van der Waals surface area contributed by atoms with Crippen molar-refractivity contribution in [1.29, 1.82) is 10.5 Å².